The predicted octanol–water partition coefficient (Wildman–Crippen LogP) is 0.864. The molecule has 0 bridgehead atoms. The van der Waals surface area contributed by atoms with Gasteiger partial charge in [-0.3, -0.25) is 0 Å². The van der Waals surface area contributed by atoms with Crippen LogP contribution in [0.25, 0.3) is 0 Å². The summed E-state index contributed by atoms with van der Waals surface area (Å²) in [7, 11) is 0. The van der Waals surface area contributed by atoms with E-state index in [4.69, 9.17) is 11.5 Å². The molecule has 0 aliphatic rings. The van der Waals surface area contributed by atoms with E-state index in [2.05, 4.69) is 20.9 Å². The lowest BCUT2D eigenvalue weighted by molar-refractivity contribution is 0.750. The number of hydrogen-bond donors (Lipinski definition) is 2. The molecule has 0 aromatic carbocycles. The van der Waals surface area contributed by atoms with Gasteiger partial charge in [0.1, 0.15) is 0 Å². The number of rotatable bonds is 2. The van der Waals surface area contributed by atoms with Crippen LogP contribution < -0.4 is 11.5 Å². The molecule has 1 unspecified atom stereocenters. The molecule has 5 heteroatoms. The van der Waals surface area contributed by atoms with Crippen molar-refractivity contribution in [3.63, 3.8) is 0 Å². The fraction of sp³-hybridized carbons (Fsp3) is 0.400. The molecule has 56 valence electrons. The van der Waals surface area contributed by atoms with Crippen LogP contribution in [-0.4, -0.2) is 11.5 Å². The van der Waals surface area contributed by atoms with Gasteiger partial charge in [0.05, 0.1) is 6.04 Å². The molecule has 10 heavy (non-hydrogen) atoms. The van der Waals surface area contributed by atoms with Crippen LogP contribution in [-0.2, 0) is 0 Å². The van der Waals surface area contributed by atoms with Gasteiger partial charge in [-0.2, -0.15) is 0 Å². The van der Waals surface area contributed by atoms with Crippen LogP contribution in [0.1, 0.15) is 10.9 Å². The molecule has 1 rings (SSSR count). The number of thiazole rings is 1. The lowest BCUT2D eigenvalue weighted by Gasteiger charge is -2.01. The molecular weight excluding hydrogens is 214 g/mol. The zero-order valence-electron chi connectivity index (χ0n) is 5.25. The summed E-state index contributed by atoms with van der Waals surface area (Å²) in [5.41, 5.74) is 11.0. The van der Waals surface area contributed by atoms with Gasteiger partial charge in [0.15, 0.2) is 3.92 Å². The largest absolute Gasteiger partial charge is 0.329 e. The second-order valence-electron chi connectivity index (χ2n) is 1.86. The molecule has 3 nitrogen and oxygen atoms in total. The van der Waals surface area contributed by atoms with Crippen LogP contribution in [0.3, 0.4) is 0 Å². The van der Waals surface area contributed by atoms with Crippen molar-refractivity contribution < 1.29 is 0 Å². The van der Waals surface area contributed by atoms with Crippen molar-refractivity contribution >= 4 is 27.3 Å². The minimum Gasteiger partial charge on any atom is -0.329 e. The lowest BCUT2D eigenvalue weighted by Crippen LogP contribution is -2.19. The van der Waals surface area contributed by atoms with Crippen LogP contribution in [0.2, 0.25) is 0 Å². The van der Waals surface area contributed by atoms with Gasteiger partial charge in [0.2, 0.25) is 0 Å². The Morgan fingerprint density at radius 3 is 2.90 bits per heavy atom. The fourth-order valence-electron chi connectivity index (χ4n) is 0.552. The Morgan fingerprint density at radius 2 is 2.50 bits per heavy atom. The topological polar surface area (TPSA) is 64.9 Å². The Balaban J connectivity index is 2.74. The molecule has 0 fully saturated rings. The Bertz CT molecular complexity index is 212. The van der Waals surface area contributed by atoms with E-state index in [1.165, 1.54) is 11.3 Å². The van der Waals surface area contributed by atoms with Gasteiger partial charge in [0.25, 0.3) is 0 Å². The quantitative estimate of drug-likeness (QED) is 0.780. The normalized spacial score (nSPS) is 13.5. The van der Waals surface area contributed by atoms with E-state index in [1.54, 1.807) is 6.20 Å². The molecule has 0 aliphatic carbocycles. The number of halogens is 1. The van der Waals surface area contributed by atoms with Gasteiger partial charge < -0.3 is 11.5 Å². The van der Waals surface area contributed by atoms with E-state index < -0.39 is 0 Å². The maximum atomic E-state index is 5.63. The Hall–Kier alpha value is 0.0300. The van der Waals surface area contributed by atoms with Crippen LogP contribution in [0.5, 0.6) is 0 Å². The van der Waals surface area contributed by atoms with Crippen molar-refractivity contribution in [2.24, 2.45) is 11.5 Å². The van der Waals surface area contributed by atoms with E-state index >= 15 is 0 Å². The Kier molecular flexibility index (Phi) is 2.79. The number of nitrogens with two attached hydrogens (primary N) is 2. The lowest BCUT2D eigenvalue weighted by atomic mass is 10.3. The first kappa shape index (κ1) is 8.13. The third kappa shape index (κ3) is 1.76. The van der Waals surface area contributed by atoms with Crippen LogP contribution in [0.4, 0.5) is 0 Å². The summed E-state index contributed by atoms with van der Waals surface area (Å²) in [4.78, 5) is 5.01. The molecule has 0 saturated carbocycles. The van der Waals surface area contributed by atoms with Gasteiger partial charge in [-0.25, -0.2) is 4.98 Å². The molecule has 4 N–H and O–H groups in total. The first-order chi connectivity index (χ1) is 4.74. The van der Waals surface area contributed by atoms with Crippen molar-refractivity contribution in [3.8, 4) is 0 Å². The molecule has 0 radical (unpaired) electrons. The minimum atomic E-state index is -0.0659. The second-order valence-corrected chi connectivity index (χ2v) is 4.20. The zero-order chi connectivity index (χ0) is 7.56. The molecule has 0 saturated heterocycles. The third-order valence-corrected chi connectivity index (χ3v) is 2.72. The first-order valence-electron chi connectivity index (χ1n) is 2.81. The average Bonchev–Trinajstić information content (AvgIpc) is 2.34. The van der Waals surface area contributed by atoms with Gasteiger partial charge in [-0.1, -0.05) is 0 Å². The summed E-state index contributed by atoms with van der Waals surface area (Å²) in [6.45, 7) is 0.467. The molecule has 0 aliphatic heterocycles. The van der Waals surface area contributed by atoms with Crippen LogP contribution >= 0.6 is 27.3 Å². The number of nitrogens with zero attached hydrogens (tertiary/aromatic N) is 1. The first-order valence-corrected chi connectivity index (χ1v) is 4.42. The molecule has 0 spiro atoms. The van der Waals surface area contributed by atoms with Gasteiger partial charge in [-0.05, 0) is 15.9 Å². The van der Waals surface area contributed by atoms with E-state index in [0.29, 0.717) is 6.54 Å². The smallest absolute Gasteiger partial charge is 0.159 e. The average molecular weight is 222 g/mol. The highest BCUT2D eigenvalue weighted by molar-refractivity contribution is 9.11. The summed E-state index contributed by atoms with van der Waals surface area (Å²) >= 11 is 4.76. The highest BCUT2D eigenvalue weighted by Crippen LogP contribution is 2.22. The van der Waals surface area contributed by atoms with E-state index in [0.717, 1.165) is 8.79 Å². The highest BCUT2D eigenvalue weighted by Gasteiger charge is 2.06. The maximum Gasteiger partial charge on any atom is 0.159 e. The van der Waals surface area contributed by atoms with Crippen molar-refractivity contribution in [1.29, 1.82) is 0 Å². The van der Waals surface area contributed by atoms with Gasteiger partial charge in [0, 0.05) is 17.6 Å². The monoisotopic (exact) mass is 221 g/mol. The molecular formula is C5H8BrN3S. The standard InChI is InChI=1S/C5H8BrN3S/c6-5-9-2-4(10-5)3(8)1-7/h2-3H,1,7-8H2. The Labute approximate surface area is 71.6 Å². The molecule has 1 heterocycles. The van der Waals surface area contributed by atoms with Crippen molar-refractivity contribution in [1.82, 2.24) is 4.98 Å². The third-order valence-electron chi connectivity index (χ3n) is 1.11. The summed E-state index contributed by atoms with van der Waals surface area (Å²) in [5.74, 6) is 0. The summed E-state index contributed by atoms with van der Waals surface area (Å²) in [6, 6.07) is -0.0659. The summed E-state index contributed by atoms with van der Waals surface area (Å²) in [6.07, 6.45) is 1.74. The molecule has 1 aromatic rings. The second kappa shape index (κ2) is 3.43. The van der Waals surface area contributed by atoms with E-state index in [1.807, 2.05) is 0 Å². The van der Waals surface area contributed by atoms with Crippen LogP contribution in [0.15, 0.2) is 10.1 Å². The fourth-order valence-corrected chi connectivity index (χ4v) is 1.87. The summed E-state index contributed by atoms with van der Waals surface area (Å²) in [5, 5.41) is 0. The predicted molar refractivity (Wildman–Crippen MR) is 45.8 cm³/mol. The van der Waals surface area contributed by atoms with E-state index in [9.17, 15) is 0 Å². The maximum absolute atomic E-state index is 5.63. The van der Waals surface area contributed by atoms with Crippen molar-refractivity contribution in [2.75, 3.05) is 6.54 Å². The molecule has 0 amide bonds. The Morgan fingerprint density at radius 1 is 1.80 bits per heavy atom. The minimum absolute atomic E-state index is 0.0659. The zero-order valence-corrected chi connectivity index (χ0v) is 7.65. The van der Waals surface area contributed by atoms with Gasteiger partial charge >= 0.3 is 0 Å². The SMILES string of the molecule is NCC(N)c1cnc(Br)s1. The van der Waals surface area contributed by atoms with Crippen molar-refractivity contribution in [3.05, 3.63) is 15.0 Å². The van der Waals surface area contributed by atoms with Gasteiger partial charge in [-0.15, -0.1) is 11.3 Å². The van der Waals surface area contributed by atoms with Crippen molar-refractivity contribution in [2.45, 2.75) is 6.04 Å². The number of aromatic nitrogens is 1. The van der Waals surface area contributed by atoms with E-state index in [-0.39, 0.29) is 6.04 Å². The number of hydrogen-bond acceptors (Lipinski definition) is 4. The molecule has 1 aromatic heterocycles. The van der Waals surface area contributed by atoms with Crippen LogP contribution in [0, 0.1) is 0 Å². The highest BCUT2D eigenvalue weighted by atomic mass is 79.9. The molecule has 1 atom stereocenters. The summed E-state index contributed by atoms with van der Waals surface area (Å²) < 4.78 is 0.853.